The summed E-state index contributed by atoms with van der Waals surface area (Å²) >= 11 is 0. The van der Waals surface area contributed by atoms with Gasteiger partial charge in [-0.2, -0.15) is 0 Å². The number of nitrogens with two attached hydrogens (primary N) is 1. The maximum Gasteiger partial charge on any atom is 0.0691 e. The molecule has 2 aliphatic rings. The van der Waals surface area contributed by atoms with E-state index in [4.69, 9.17) is 10.5 Å². The molecule has 3 N–H and O–H groups in total. The zero-order chi connectivity index (χ0) is 11.1. The average molecular weight is 212 g/mol. The van der Waals surface area contributed by atoms with Crippen molar-refractivity contribution in [2.75, 3.05) is 19.7 Å². The number of hydrogen-bond donors (Lipinski definition) is 2. The summed E-state index contributed by atoms with van der Waals surface area (Å²) in [6, 6.07) is 0. The van der Waals surface area contributed by atoms with Crippen molar-refractivity contribution >= 4 is 0 Å². The summed E-state index contributed by atoms with van der Waals surface area (Å²) in [6.07, 6.45) is 2.70. The molecule has 1 aliphatic heterocycles. The van der Waals surface area contributed by atoms with E-state index in [1.807, 2.05) is 0 Å². The Morgan fingerprint density at radius 2 is 2.20 bits per heavy atom. The number of ether oxygens (including phenoxy) is 1. The Labute approximate surface area is 92.7 Å². The first-order valence-corrected chi connectivity index (χ1v) is 6.15. The molecular formula is C12H24N2O. The van der Waals surface area contributed by atoms with E-state index in [1.54, 1.807) is 0 Å². The highest BCUT2D eigenvalue weighted by molar-refractivity contribution is 5.21. The highest BCUT2D eigenvalue weighted by Gasteiger charge is 2.67. The number of hydrogen-bond acceptors (Lipinski definition) is 3. The van der Waals surface area contributed by atoms with Gasteiger partial charge in [-0.25, -0.2) is 0 Å². The molecule has 2 fully saturated rings. The second-order valence-electron chi connectivity index (χ2n) is 5.63. The van der Waals surface area contributed by atoms with Gasteiger partial charge in [0.2, 0.25) is 0 Å². The highest BCUT2D eigenvalue weighted by atomic mass is 16.5. The first-order chi connectivity index (χ1) is 7.04. The van der Waals surface area contributed by atoms with Gasteiger partial charge >= 0.3 is 0 Å². The van der Waals surface area contributed by atoms with Crippen molar-refractivity contribution in [3.63, 3.8) is 0 Å². The third-order valence-corrected chi connectivity index (χ3v) is 4.51. The summed E-state index contributed by atoms with van der Waals surface area (Å²) in [7, 11) is 0. The number of nitrogens with one attached hydrogen (secondary N) is 1. The van der Waals surface area contributed by atoms with Gasteiger partial charge in [-0.1, -0.05) is 20.8 Å². The Kier molecular flexibility index (Phi) is 2.82. The van der Waals surface area contributed by atoms with E-state index >= 15 is 0 Å². The van der Waals surface area contributed by atoms with E-state index in [1.165, 1.54) is 6.42 Å². The summed E-state index contributed by atoms with van der Waals surface area (Å²) in [5, 5.41) is 3.47. The van der Waals surface area contributed by atoms with E-state index in [9.17, 15) is 0 Å². The highest BCUT2D eigenvalue weighted by Crippen LogP contribution is 2.57. The molecule has 1 saturated heterocycles. The van der Waals surface area contributed by atoms with Crippen molar-refractivity contribution in [3.8, 4) is 0 Å². The fraction of sp³-hybridized carbons (Fsp3) is 1.00. The van der Waals surface area contributed by atoms with Gasteiger partial charge in [0.15, 0.2) is 0 Å². The van der Waals surface area contributed by atoms with E-state index in [2.05, 4.69) is 26.1 Å². The van der Waals surface area contributed by atoms with Crippen molar-refractivity contribution in [1.82, 2.24) is 5.32 Å². The van der Waals surface area contributed by atoms with Gasteiger partial charge < -0.3 is 15.8 Å². The fourth-order valence-electron chi connectivity index (χ4n) is 3.31. The molecule has 0 spiro atoms. The Balaban J connectivity index is 2.00. The summed E-state index contributed by atoms with van der Waals surface area (Å²) < 4.78 is 5.76. The van der Waals surface area contributed by atoms with Crippen molar-refractivity contribution in [3.05, 3.63) is 0 Å². The smallest absolute Gasteiger partial charge is 0.0691 e. The Morgan fingerprint density at radius 3 is 2.87 bits per heavy atom. The average Bonchev–Trinajstić information content (AvgIpc) is 2.65. The SMILES string of the molecule is CCCNCC1(N)C2CCOC2C1(C)C. The van der Waals surface area contributed by atoms with E-state index < -0.39 is 0 Å². The zero-order valence-corrected chi connectivity index (χ0v) is 10.2. The summed E-state index contributed by atoms with van der Waals surface area (Å²) in [4.78, 5) is 0. The molecule has 0 aromatic rings. The second kappa shape index (κ2) is 3.72. The van der Waals surface area contributed by atoms with Crippen LogP contribution in [0.2, 0.25) is 0 Å². The Morgan fingerprint density at radius 1 is 1.47 bits per heavy atom. The minimum absolute atomic E-state index is 0.0661. The van der Waals surface area contributed by atoms with Gasteiger partial charge in [0.25, 0.3) is 0 Å². The van der Waals surface area contributed by atoms with E-state index in [-0.39, 0.29) is 11.0 Å². The van der Waals surface area contributed by atoms with Crippen LogP contribution in [0.25, 0.3) is 0 Å². The molecule has 0 radical (unpaired) electrons. The molecule has 3 nitrogen and oxygen atoms in total. The lowest BCUT2D eigenvalue weighted by Crippen LogP contribution is -2.78. The van der Waals surface area contributed by atoms with Crippen LogP contribution in [0.5, 0.6) is 0 Å². The van der Waals surface area contributed by atoms with Crippen LogP contribution in [0, 0.1) is 11.3 Å². The van der Waals surface area contributed by atoms with Crippen LogP contribution >= 0.6 is 0 Å². The Bertz CT molecular complexity index is 242. The van der Waals surface area contributed by atoms with Crippen LogP contribution in [-0.4, -0.2) is 31.3 Å². The standard InChI is InChI=1S/C12H24N2O/c1-4-6-14-8-12(13)9-5-7-15-10(9)11(12,2)3/h9-10,14H,4-8,13H2,1-3H3. The fourth-order valence-corrected chi connectivity index (χ4v) is 3.31. The topological polar surface area (TPSA) is 47.3 Å². The van der Waals surface area contributed by atoms with Crippen molar-refractivity contribution in [2.45, 2.75) is 45.3 Å². The van der Waals surface area contributed by atoms with Crippen molar-refractivity contribution in [1.29, 1.82) is 0 Å². The molecule has 0 bridgehead atoms. The number of fused-ring (bicyclic) bond motifs is 1. The number of rotatable bonds is 4. The monoisotopic (exact) mass is 212 g/mol. The predicted molar refractivity (Wildman–Crippen MR) is 61.7 cm³/mol. The van der Waals surface area contributed by atoms with Crippen LogP contribution < -0.4 is 11.1 Å². The van der Waals surface area contributed by atoms with Gasteiger partial charge in [0.1, 0.15) is 0 Å². The molecule has 88 valence electrons. The molecule has 3 unspecified atom stereocenters. The third kappa shape index (κ3) is 1.44. The van der Waals surface area contributed by atoms with Crippen LogP contribution in [-0.2, 0) is 4.74 Å². The Hall–Kier alpha value is -0.120. The quantitative estimate of drug-likeness (QED) is 0.687. The molecule has 3 heteroatoms. The molecule has 1 aliphatic carbocycles. The molecular weight excluding hydrogens is 188 g/mol. The minimum Gasteiger partial charge on any atom is -0.377 e. The van der Waals surface area contributed by atoms with Gasteiger partial charge in [0, 0.05) is 30.0 Å². The van der Waals surface area contributed by atoms with Crippen LogP contribution in [0.4, 0.5) is 0 Å². The summed E-state index contributed by atoms with van der Waals surface area (Å²) in [5.74, 6) is 0.567. The van der Waals surface area contributed by atoms with Crippen LogP contribution in [0.3, 0.4) is 0 Å². The molecule has 2 rings (SSSR count). The van der Waals surface area contributed by atoms with E-state index in [0.717, 1.165) is 26.1 Å². The maximum atomic E-state index is 6.56. The summed E-state index contributed by atoms with van der Waals surface area (Å²) in [6.45, 7) is 9.56. The molecule has 0 amide bonds. The van der Waals surface area contributed by atoms with Gasteiger partial charge in [0.05, 0.1) is 6.10 Å². The second-order valence-corrected chi connectivity index (χ2v) is 5.63. The molecule has 0 aromatic carbocycles. The maximum absolute atomic E-state index is 6.56. The van der Waals surface area contributed by atoms with Gasteiger partial charge in [-0.05, 0) is 19.4 Å². The molecule has 1 heterocycles. The van der Waals surface area contributed by atoms with Crippen LogP contribution in [0.15, 0.2) is 0 Å². The largest absolute Gasteiger partial charge is 0.377 e. The lowest BCUT2D eigenvalue weighted by atomic mass is 9.48. The van der Waals surface area contributed by atoms with E-state index in [0.29, 0.717) is 12.0 Å². The lowest BCUT2D eigenvalue weighted by molar-refractivity contribution is -0.153. The van der Waals surface area contributed by atoms with Gasteiger partial charge in [-0.3, -0.25) is 0 Å². The lowest BCUT2D eigenvalue weighted by Gasteiger charge is -2.62. The summed E-state index contributed by atoms with van der Waals surface area (Å²) in [5.41, 5.74) is 6.62. The first-order valence-electron chi connectivity index (χ1n) is 6.15. The van der Waals surface area contributed by atoms with Crippen LogP contribution in [0.1, 0.15) is 33.6 Å². The third-order valence-electron chi connectivity index (χ3n) is 4.51. The molecule has 3 atom stereocenters. The first kappa shape index (κ1) is 11.4. The normalized spacial score (nSPS) is 42.4. The van der Waals surface area contributed by atoms with Crippen molar-refractivity contribution in [2.24, 2.45) is 17.1 Å². The molecule has 15 heavy (non-hydrogen) atoms. The zero-order valence-electron chi connectivity index (χ0n) is 10.2. The van der Waals surface area contributed by atoms with Gasteiger partial charge in [-0.15, -0.1) is 0 Å². The van der Waals surface area contributed by atoms with Crippen molar-refractivity contribution < 1.29 is 4.74 Å². The molecule has 1 saturated carbocycles. The predicted octanol–water partition coefficient (Wildman–Crippen LogP) is 1.13. The minimum atomic E-state index is -0.0661. The molecule has 0 aromatic heterocycles.